The molecule has 0 aliphatic carbocycles. The van der Waals surface area contributed by atoms with Crippen LogP contribution in [0.1, 0.15) is 77.6 Å². The minimum atomic E-state index is -0.163. The molecule has 0 aliphatic heterocycles. The molecule has 0 bridgehead atoms. The molecule has 7 aromatic carbocycles. The predicted molar refractivity (Wildman–Crippen MR) is 263 cm³/mol. The minimum absolute atomic E-state index is 0. The van der Waals surface area contributed by atoms with Crippen molar-refractivity contribution in [2.75, 3.05) is 0 Å². The van der Waals surface area contributed by atoms with E-state index in [1.807, 2.05) is 18.3 Å². The van der Waals surface area contributed by atoms with Crippen LogP contribution in [-0.4, -0.2) is 19.6 Å². The number of para-hydroxylation sites is 2. The molecule has 1 N–H and O–H groups in total. The maximum Gasteiger partial charge on any atom is 0.148 e. The van der Waals surface area contributed by atoms with Gasteiger partial charge in [0, 0.05) is 43.9 Å². The van der Waals surface area contributed by atoms with E-state index in [1.54, 1.807) is 6.07 Å². The van der Waals surface area contributed by atoms with Crippen LogP contribution < -0.4 is 0 Å². The monoisotopic (exact) mass is 1020 g/mol. The zero-order valence-corrected chi connectivity index (χ0v) is 40.1. The molecule has 0 fully saturated rings. The van der Waals surface area contributed by atoms with Gasteiger partial charge in [-0.1, -0.05) is 194 Å². The fourth-order valence-electron chi connectivity index (χ4n) is 8.60. The second-order valence-corrected chi connectivity index (χ2v) is 19.3. The summed E-state index contributed by atoms with van der Waals surface area (Å²) < 4.78 is 2.22. The second kappa shape index (κ2) is 17.3. The first-order chi connectivity index (χ1) is 30.2. The number of imidazole rings is 1. The maximum absolute atomic E-state index is 11.6. The van der Waals surface area contributed by atoms with Crippen molar-refractivity contribution >= 4 is 11.0 Å². The van der Waals surface area contributed by atoms with Crippen LogP contribution in [0.2, 0.25) is 0 Å². The first kappa shape index (κ1) is 44.3. The molecule has 9 aromatic rings. The maximum atomic E-state index is 11.6. The topological polar surface area (TPSA) is 50.9 Å². The standard InChI is InChI=1S/C59H54N3O.Pt/c1-57(2,3)46-30-31-54(63)50(38-46)56-61-55-49(23-17-25-53(55)62(56)52-24-16-15-22-48(52)40-18-11-9-12-19-40)42-34-43(36-47(35-42)58(4,5)6)51-37-41(32-33-60-51)39-26-28-45(29-27-39)59(7,8)44-20-13-10-14-21-44;/h9-33,35-38,63H,1-8H3;/q-1;. The molecule has 9 rings (SSSR count). The van der Waals surface area contributed by atoms with Crippen molar-refractivity contribution in [2.24, 2.45) is 0 Å². The Morgan fingerprint density at radius 2 is 1.09 bits per heavy atom. The molecule has 0 unspecified atom stereocenters. The average molecular weight is 1020 g/mol. The second-order valence-electron chi connectivity index (χ2n) is 19.3. The zero-order chi connectivity index (χ0) is 44.1. The van der Waals surface area contributed by atoms with Crippen LogP contribution in [0.4, 0.5) is 0 Å². The van der Waals surface area contributed by atoms with Crippen LogP contribution in [0.5, 0.6) is 5.75 Å². The third kappa shape index (κ3) is 8.52. The summed E-state index contributed by atoms with van der Waals surface area (Å²) in [6.07, 6.45) is 1.90. The molecule has 0 saturated carbocycles. The van der Waals surface area contributed by atoms with Crippen molar-refractivity contribution in [3.63, 3.8) is 0 Å². The van der Waals surface area contributed by atoms with E-state index in [0.717, 1.165) is 66.9 Å². The molecule has 0 atom stereocenters. The number of nitrogens with zero attached hydrogens (tertiary/aromatic N) is 3. The Labute approximate surface area is 393 Å². The number of phenols is 1. The molecule has 4 nitrogen and oxygen atoms in total. The summed E-state index contributed by atoms with van der Waals surface area (Å²) in [4.78, 5) is 10.5. The van der Waals surface area contributed by atoms with Crippen molar-refractivity contribution in [1.82, 2.24) is 14.5 Å². The summed E-state index contributed by atoms with van der Waals surface area (Å²) in [5.41, 5.74) is 15.9. The van der Waals surface area contributed by atoms with Gasteiger partial charge in [0.25, 0.3) is 0 Å². The van der Waals surface area contributed by atoms with Crippen LogP contribution in [0.25, 0.3) is 72.7 Å². The van der Waals surface area contributed by atoms with Gasteiger partial charge in [0.05, 0.1) is 22.3 Å². The number of hydrogen-bond acceptors (Lipinski definition) is 3. The number of benzene rings is 7. The summed E-state index contributed by atoms with van der Waals surface area (Å²) in [5.74, 6) is 0.853. The summed E-state index contributed by atoms with van der Waals surface area (Å²) in [5, 5.41) is 11.6. The van der Waals surface area contributed by atoms with Crippen molar-refractivity contribution < 1.29 is 26.2 Å². The van der Waals surface area contributed by atoms with Gasteiger partial charge in [-0.25, -0.2) is 4.98 Å². The largest absolute Gasteiger partial charge is 0.507 e. The Hall–Kier alpha value is -6.35. The minimum Gasteiger partial charge on any atom is -0.507 e. The fourth-order valence-corrected chi connectivity index (χ4v) is 8.60. The van der Waals surface area contributed by atoms with Crippen LogP contribution in [0.3, 0.4) is 0 Å². The molecular weight excluding hydrogens is 962 g/mol. The van der Waals surface area contributed by atoms with E-state index < -0.39 is 0 Å². The van der Waals surface area contributed by atoms with E-state index in [9.17, 15) is 5.11 Å². The molecule has 5 heteroatoms. The van der Waals surface area contributed by atoms with Crippen LogP contribution in [-0.2, 0) is 37.3 Å². The smallest absolute Gasteiger partial charge is 0.148 e. The van der Waals surface area contributed by atoms with Gasteiger partial charge < -0.3 is 5.11 Å². The van der Waals surface area contributed by atoms with E-state index in [1.165, 1.54) is 16.7 Å². The van der Waals surface area contributed by atoms with Crippen molar-refractivity contribution in [3.8, 4) is 67.5 Å². The Bertz CT molecular complexity index is 3100. The number of aromatic nitrogens is 3. The summed E-state index contributed by atoms with van der Waals surface area (Å²) >= 11 is 0. The zero-order valence-electron chi connectivity index (χ0n) is 37.8. The van der Waals surface area contributed by atoms with Crippen LogP contribution in [0.15, 0.2) is 176 Å². The Morgan fingerprint density at radius 3 is 1.80 bits per heavy atom. The van der Waals surface area contributed by atoms with Crippen LogP contribution in [0, 0.1) is 6.07 Å². The average Bonchev–Trinajstić information content (AvgIpc) is 3.68. The molecule has 64 heavy (non-hydrogen) atoms. The number of phenolic OH excluding ortho intramolecular Hbond substituents is 1. The van der Waals surface area contributed by atoms with E-state index in [-0.39, 0.29) is 43.1 Å². The number of hydrogen-bond donors (Lipinski definition) is 1. The van der Waals surface area contributed by atoms with E-state index in [4.69, 9.17) is 9.97 Å². The van der Waals surface area contributed by atoms with Gasteiger partial charge in [-0.3, -0.25) is 9.55 Å². The third-order valence-corrected chi connectivity index (χ3v) is 12.5. The molecule has 2 heterocycles. The first-order valence-electron chi connectivity index (χ1n) is 21.9. The summed E-state index contributed by atoms with van der Waals surface area (Å²) in [6.45, 7) is 17.9. The predicted octanol–water partition coefficient (Wildman–Crippen LogP) is 15.2. The van der Waals surface area contributed by atoms with Gasteiger partial charge in [-0.05, 0) is 74.5 Å². The Balaban J connectivity index is 0.00000560. The molecule has 0 spiro atoms. The number of rotatable bonds is 8. The SMILES string of the molecule is CC(C)(C)c1cc(-c2cc(-c3ccc(C(C)(C)c4ccccc4)cc3)ccn2)[c-]c(-c2cccc3c2nc(-c2cc(C(C)(C)C)ccc2O)n3-c2ccccc2-c2ccccc2)c1.[Pt]. The fraction of sp³-hybridized carbons (Fsp3) is 0.186. The van der Waals surface area contributed by atoms with Gasteiger partial charge in [0.2, 0.25) is 0 Å². The van der Waals surface area contributed by atoms with Crippen molar-refractivity contribution in [1.29, 1.82) is 0 Å². The molecule has 0 aliphatic rings. The Kier molecular flexibility index (Phi) is 12.0. The summed E-state index contributed by atoms with van der Waals surface area (Å²) in [7, 11) is 0. The normalized spacial score (nSPS) is 12.0. The number of fused-ring (bicyclic) bond motifs is 1. The molecule has 0 saturated heterocycles. The van der Waals surface area contributed by atoms with Gasteiger partial charge >= 0.3 is 0 Å². The number of aromatic hydroxyl groups is 1. The number of pyridine rings is 1. The summed E-state index contributed by atoms with van der Waals surface area (Å²) in [6, 6.07) is 63.4. The quantitative estimate of drug-likeness (QED) is 0.154. The first-order valence-corrected chi connectivity index (χ1v) is 21.9. The van der Waals surface area contributed by atoms with Crippen LogP contribution >= 0.6 is 0 Å². The molecule has 322 valence electrons. The van der Waals surface area contributed by atoms with Gasteiger partial charge in [0.15, 0.2) is 0 Å². The molecule has 2 aromatic heterocycles. The van der Waals surface area contributed by atoms with E-state index in [2.05, 4.69) is 218 Å². The molecule has 0 radical (unpaired) electrons. The van der Waals surface area contributed by atoms with Gasteiger partial charge in [-0.15, -0.1) is 29.3 Å². The Morgan fingerprint density at radius 1 is 0.484 bits per heavy atom. The van der Waals surface area contributed by atoms with Gasteiger partial charge in [0.1, 0.15) is 11.6 Å². The van der Waals surface area contributed by atoms with E-state index >= 15 is 0 Å². The van der Waals surface area contributed by atoms with Crippen molar-refractivity contribution in [2.45, 2.75) is 71.6 Å². The van der Waals surface area contributed by atoms with Gasteiger partial charge in [-0.2, -0.15) is 0 Å². The van der Waals surface area contributed by atoms with E-state index in [0.29, 0.717) is 11.4 Å². The van der Waals surface area contributed by atoms with Crippen molar-refractivity contribution in [3.05, 3.63) is 204 Å². The molecular formula is C59H54N3OPt-. The molecule has 0 amide bonds. The third-order valence-electron chi connectivity index (χ3n) is 12.5.